The summed E-state index contributed by atoms with van der Waals surface area (Å²) in [7, 11) is 6.14. The zero-order valence-electron chi connectivity index (χ0n) is 21.5. The number of halogens is 2. The van der Waals surface area contributed by atoms with Crippen LogP contribution in [0.1, 0.15) is 30.4 Å². The highest BCUT2D eigenvalue weighted by Crippen LogP contribution is 2.40. The van der Waals surface area contributed by atoms with E-state index in [1.165, 1.54) is 21.3 Å². The van der Waals surface area contributed by atoms with Gasteiger partial charge in [0.15, 0.2) is 11.5 Å². The number of amides is 1. The van der Waals surface area contributed by atoms with Crippen LogP contribution < -0.4 is 41.9 Å². The van der Waals surface area contributed by atoms with Crippen molar-refractivity contribution in [2.24, 2.45) is 17.2 Å². The summed E-state index contributed by atoms with van der Waals surface area (Å²) in [6, 6.07) is 10.5. The van der Waals surface area contributed by atoms with Crippen molar-refractivity contribution < 1.29 is 23.7 Å². The fraction of sp³-hybridized carbons (Fsp3) is 0.360. The van der Waals surface area contributed by atoms with Crippen LogP contribution in [-0.2, 0) is 4.79 Å². The number of nitrogens with zero attached hydrogens (tertiary/aromatic N) is 1. The number of nitrogens with two attached hydrogens (primary N) is 4. The van der Waals surface area contributed by atoms with Crippen molar-refractivity contribution in [2.45, 2.75) is 25.3 Å². The number of unbranched alkanes of at least 4 members (excludes halogenated alkanes) is 1. The van der Waals surface area contributed by atoms with Crippen LogP contribution in [0, 0.1) is 11.3 Å². The predicted molar refractivity (Wildman–Crippen MR) is 152 cm³/mol. The third kappa shape index (κ3) is 11.1. The Morgan fingerprint density at radius 1 is 0.973 bits per heavy atom. The molecule has 0 spiro atoms. The molecule has 2 aromatic carbocycles. The summed E-state index contributed by atoms with van der Waals surface area (Å²) in [6.45, 7) is 0.644. The average molecular weight is 559 g/mol. The van der Waals surface area contributed by atoms with Gasteiger partial charge < -0.3 is 41.9 Å². The lowest BCUT2D eigenvalue weighted by molar-refractivity contribution is -0.119. The summed E-state index contributed by atoms with van der Waals surface area (Å²) in [5, 5.41) is 9.58. The van der Waals surface area contributed by atoms with Gasteiger partial charge in [0.25, 0.3) is 0 Å². The van der Waals surface area contributed by atoms with E-state index >= 15 is 0 Å². The van der Waals surface area contributed by atoms with E-state index in [-0.39, 0.29) is 24.8 Å². The lowest BCUT2D eigenvalue weighted by Crippen LogP contribution is -2.36. The molecule has 0 fully saturated rings. The van der Waals surface area contributed by atoms with E-state index in [1.807, 2.05) is 6.07 Å². The standard InChI is InChI=1S/C19H20N2O4.C6H15N3O.2ClH/c1-22-16-6-5-12(8-15(16)21)7-14(11-20)13-9-17(23-2)19(25-4)18(10-13)24-3;7-4-2-1-3-5(8)6(9)10;;/h5-10H,21H2,1-4H3;5H,1-4,7-8H2,(H2,9,10);2*1H/t;5-;;/m.0../s1. The van der Waals surface area contributed by atoms with Crippen LogP contribution in [0.25, 0.3) is 11.6 Å². The number of nitrogen functional groups attached to an aromatic ring is 1. The summed E-state index contributed by atoms with van der Waals surface area (Å²) in [6.07, 6.45) is 4.16. The van der Waals surface area contributed by atoms with E-state index in [1.54, 1.807) is 37.5 Å². The fourth-order valence-corrected chi connectivity index (χ4v) is 3.08. The number of anilines is 1. The maximum Gasteiger partial charge on any atom is 0.234 e. The van der Waals surface area contributed by atoms with Gasteiger partial charge in [-0.3, -0.25) is 4.79 Å². The van der Waals surface area contributed by atoms with E-state index < -0.39 is 11.9 Å². The molecule has 206 valence electrons. The number of nitriles is 1. The molecular formula is C25H37Cl2N5O5. The second-order valence-electron chi connectivity index (χ2n) is 7.38. The highest BCUT2D eigenvalue weighted by Gasteiger charge is 2.15. The molecule has 0 radical (unpaired) electrons. The van der Waals surface area contributed by atoms with Crippen molar-refractivity contribution >= 4 is 48.1 Å². The zero-order valence-corrected chi connectivity index (χ0v) is 23.1. The van der Waals surface area contributed by atoms with E-state index in [9.17, 15) is 10.1 Å². The number of methoxy groups -OCH3 is 4. The molecule has 0 aliphatic carbocycles. The van der Waals surface area contributed by atoms with Gasteiger partial charge in [-0.25, -0.2) is 0 Å². The van der Waals surface area contributed by atoms with Gasteiger partial charge in [-0.1, -0.05) is 12.5 Å². The smallest absolute Gasteiger partial charge is 0.234 e. The van der Waals surface area contributed by atoms with Gasteiger partial charge in [-0.2, -0.15) is 5.26 Å². The van der Waals surface area contributed by atoms with Crippen LogP contribution in [0.4, 0.5) is 5.69 Å². The number of ether oxygens (including phenoxy) is 4. The second-order valence-corrected chi connectivity index (χ2v) is 7.38. The maximum atomic E-state index is 10.4. The van der Waals surface area contributed by atoms with Crippen LogP contribution >= 0.6 is 24.8 Å². The Morgan fingerprint density at radius 2 is 1.54 bits per heavy atom. The monoisotopic (exact) mass is 557 g/mol. The quantitative estimate of drug-likeness (QED) is 0.139. The van der Waals surface area contributed by atoms with Crippen molar-refractivity contribution in [3.8, 4) is 29.1 Å². The van der Waals surface area contributed by atoms with E-state index in [0.29, 0.717) is 52.8 Å². The summed E-state index contributed by atoms with van der Waals surface area (Å²) >= 11 is 0. The van der Waals surface area contributed by atoms with Crippen molar-refractivity contribution in [3.63, 3.8) is 0 Å². The molecule has 0 aliphatic rings. The number of primary amides is 1. The molecular weight excluding hydrogens is 521 g/mol. The molecule has 8 N–H and O–H groups in total. The molecule has 0 saturated carbocycles. The minimum absolute atomic E-state index is 0. The first-order valence-corrected chi connectivity index (χ1v) is 10.9. The van der Waals surface area contributed by atoms with Gasteiger partial charge in [-0.05, 0) is 60.9 Å². The topological polar surface area (TPSA) is 182 Å². The average Bonchev–Trinajstić information content (AvgIpc) is 2.86. The first-order chi connectivity index (χ1) is 16.8. The maximum absolute atomic E-state index is 10.4. The Bertz CT molecular complexity index is 1040. The van der Waals surface area contributed by atoms with Gasteiger partial charge in [0.2, 0.25) is 11.7 Å². The third-order valence-electron chi connectivity index (χ3n) is 5.00. The van der Waals surface area contributed by atoms with Gasteiger partial charge >= 0.3 is 0 Å². The molecule has 1 atom stereocenters. The Labute approximate surface area is 230 Å². The van der Waals surface area contributed by atoms with Crippen LogP contribution in [-0.4, -0.2) is 46.9 Å². The van der Waals surface area contributed by atoms with Gasteiger partial charge in [0, 0.05) is 0 Å². The molecule has 2 rings (SSSR count). The van der Waals surface area contributed by atoms with Crippen LogP contribution in [0.3, 0.4) is 0 Å². The van der Waals surface area contributed by atoms with Crippen LogP contribution in [0.2, 0.25) is 0 Å². The van der Waals surface area contributed by atoms with Crippen molar-refractivity contribution in [2.75, 3.05) is 40.7 Å². The summed E-state index contributed by atoms with van der Waals surface area (Å²) < 4.78 is 21.1. The number of hydrogen-bond donors (Lipinski definition) is 4. The molecule has 10 nitrogen and oxygen atoms in total. The number of allylic oxidation sites excluding steroid dienone is 1. The van der Waals surface area contributed by atoms with Crippen molar-refractivity contribution in [1.29, 1.82) is 5.26 Å². The molecule has 12 heteroatoms. The summed E-state index contributed by atoms with van der Waals surface area (Å²) in [4.78, 5) is 10.4. The first-order valence-electron chi connectivity index (χ1n) is 10.9. The largest absolute Gasteiger partial charge is 0.495 e. The SMILES string of the molecule is COc1ccc(C=C(C#N)c2cc(OC)c(OC)c(OC)c2)cc1N.Cl.Cl.NCCCC[C@H](N)C(N)=O. The number of benzene rings is 2. The predicted octanol–water partition coefficient (Wildman–Crippen LogP) is 3.14. The number of rotatable bonds is 11. The number of hydrogen-bond acceptors (Lipinski definition) is 9. The highest BCUT2D eigenvalue weighted by molar-refractivity contribution is 5.91. The second kappa shape index (κ2) is 18.8. The fourth-order valence-electron chi connectivity index (χ4n) is 3.08. The normalized spacial score (nSPS) is 10.8. The first kappa shape index (κ1) is 35.8. The number of carbonyl (C=O) groups excluding carboxylic acids is 1. The molecule has 0 aliphatic heterocycles. The molecule has 0 bridgehead atoms. The molecule has 1 amide bonds. The minimum Gasteiger partial charge on any atom is -0.495 e. The van der Waals surface area contributed by atoms with E-state index in [0.717, 1.165) is 18.4 Å². The van der Waals surface area contributed by atoms with Gasteiger partial charge in [0.1, 0.15) is 5.75 Å². The summed E-state index contributed by atoms with van der Waals surface area (Å²) in [5.41, 5.74) is 23.8. The van der Waals surface area contributed by atoms with Crippen LogP contribution in [0.15, 0.2) is 30.3 Å². The van der Waals surface area contributed by atoms with E-state index in [2.05, 4.69) is 6.07 Å². The highest BCUT2D eigenvalue weighted by atomic mass is 35.5. The third-order valence-corrected chi connectivity index (χ3v) is 5.00. The van der Waals surface area contributed by atoms with Crippen molar-refractivity contribution in [1.82, 2.24) is 0 Å². The Balaban J connectivity index is 0. The van der Waals surface area contributed by atoms with Crippen molar-refractivity contribution in [3.05, 3.63) is 41.5 Å². The lowest BCUT2D eigenvalue weighted by Gasteiger charge is -2.14. The molecule has 0 aromatic heterocycles. The molecule has 2 aromatic rings. The Morgan fingerprint density at radius 3 is 1.95 bits per heavy atom. The number of carbonyl (C=O) groups is 1. The summed E-state index contributed by atoms with van der Waals surface area (Å²) in [5.74, 6) is 1.58. The van der Waals surface area contributed by atoms with Gasteiger partial charge in [-0.15, -0.1) is 24.8 Å². The molecule has 0 unspecified atom stereocenters. The Kier molecular flexibility index (Phi) is 18.2. The molecule has 37 heavy (non-hydrogen) atoms. The minimum atomic E-state index is -0.494. The van der Waals surface area contributed by atoms with Crippen LogP contribution in [0.5, 0.6) is 23.0 Å². The Hall–Kier alpha value is -3.36. The van der Waals surface area contributed by atoms with Gasteiger partial charge in [0.05, 0.1) is 51.8 Å². The molecule has 0 heterocycles. The lowest BCUT2D eigenvalue weighted by atomic mass is 10.0. The molecule has 0 saturated heterocycles. The zero-order chi connectivity index (χ0) is 26.4. The van der Waals surface area contributed by atoms with E-state index in [4.69, 9.17) is 41.9 Å².